The summed E-state index contributed by atoms with van der Waals surface area (Å²) in [5, 5.41) is 0. The molecule has 0 bridgehead atoms. The summed E-state index contributed by atoms with van der Waals surface area (Å²) in [7, 11) is 0. The molecule has 1 atom stereocenters. The number of hydrogen-bond donors (Lipinski definition) is 1. The largest absolute Gasteiger partial charge is 0.369 e. The molecule has 0 aliphatic heterocycles. The summed E-state index contributed by atoms with van der Waals surface area (Å²) in [4.78, 5) is 2.50. The van der Waals surface area contributed by atoms with Crippen LogP contribution in [0.2, 0.25) is 0 Å². The first-order valence-corrected chi connectivity index (χ1v) is 7.43. The number of rotatable bonds is 6. The average Bonchev–Trinajstić information content (AvgIpc) is 2.25. The lowest BCUT2D eigenvalue weighted by molar-refractivity contribution is 0.570. The molecule has 0 aliphatic rings. The molecular formula is C17H30N2. The molecule has 0 amide bonds. The van der Waals surface area contributed by atoms with Crippen LogP contribution >= 0.6 is 0 Å². The maximum Gasteiger partial charge on any atom is 0.0398 e. The van der Waals surface area contributed by atoms with Crippen molar-refractivity contribution in [1.29, 1.82) is 0 Å². The minimum atomic E-state index is 0.224. The van der Waals surface area contributed by atoms with Crippen molar-refractivity contribution in [2.24, 2.45) is 11.7 Å². The van der Waals surface area contributed by atoms with Crippen molar-refractivity contribution < 1.29 is 0 Å². The molecule has 0 saturated heterocycles. The van der Waals surface area contributed by atoms with Gasteiger partial charge in [-0.1, -0.05) is 26.0 Å². The van der Waals surface area contributed by atoms with Crippen LogP contribution in [-0.4, -0.2) is 18.6 Å². The van der Waals surface area contributed by atoms with E-state index >= 15 is 0 Å². The van der Waals surface area contributed by atoms with Crippen molar-refractivity contribution in [3.05, 3.63) is 29.3 Å². The van der Waals surface area contributed by atoms with Crippen molar-refractivity contribution in [2.75, 3.05) is 11.4 Å². The van der Waals surface area contributed by atoms with E-state index in [0.717, 1.165) is 13.0 Å². The Kier molecular flexibility index (Phi) is 5.86. The van der Waals surface area contributed by atoms with Gasteiger partial charge >= 0.3 is 0 Å². The maximum absolute atomic E-state index is 5.88. The summed E-state index contributed by atoms with van der Waals surface area (Å²) in [5.74, 6) is 0.672. The quantitative estimate of drug-likeness (QED) is 0.846. The molecule has 0 heterocycles. The van der Waals surface area contributed by atoms with E-state index in [-0.39, 0.29) is 6.04 Å². The minimum Gasteiger partial charge on any atom is -0.369 e. The first kappa shape index (κ1) is 16.0. The van der Waals surface area contributed by atoms with Gasteiger partial charge in [0.1, 0.15) is 0 Å². The smallest absolute Gasteiger partial charge is 0.0398 e. The predicted molar refractivity (Wildman–Crippen MR) is 85.9 cm³/mol. The standard InChI is InChI=1S/C17H30N2/c1-12(2)11-19(13(3)4)17-8-7-16(9-14(17)5)10-15(6)18/h7-9,12-13,15H,10-11,18H2,1-6H3. The summed E-state index contributed by atoms with van der Waals surface area (Å²) in [5.41, 5.74) is 9.93. The van der Waals surface area contributed by atoms with Crippen LogP contribution in [0.25, 0.3) is 0 Å². The predicted octanol–water partition coefficient (Wildman–Crippen LogP) is 3.76. The molecule has 19 heavy (non-hydrogen) atoms. The van der Waals surface area contributed by atoms with Gasteiger partial charge in [-0.25, -0.2) is 0 Å². The van der Waals surface area contributed by atoms with Crippen molar-refractivity contribution in [2.45, 2.75) is 60.0 Å². The molecule has 1 rings (SSSR count). The molecule has 2 N–H and O–H groups in total. The van der Waals surface area contributed by atoms with Gasteiger partial charge < -0.3 is 10.6 Å². The van der Waals surface area contributed by atoms with Crippen molar-refractivity contribution >= 4 is 5.69 Å². The second-order valence-corrected chi connectivity index (χ2v) is 6.44. The number of nitrogens with two attached hydrogens (primary N) is 1. The minimum absolute atomic E-state index is 0.224. The van der Waals surface area contributed by atoms with E-state index in [0.29, 0.717) is 12.0 Å². The highest BCUT2D eigenvalue weighted by molar-refractivity contribution is 5.55. The van der Waals surface area contributed by atoms with Gasteiger partial charge in [-0.2, -0.15) is 0 Å². The molecule has 2 nitrogen and oxygen atoms in total. The number of nitrogens with zero attached hydrogens (tertiary/aromatic N) is 1. The van der Waals surface area contributed by atoms with E-state index in [2.05, 4.69) is 64.6 Å². The van der Waals surface area contributed by atoms with Gasteiger partial charge in [0.05, 0.1) is 0 Å². The monoisotopic (exact) mass is 262 g/mol. The van der Waals surface area contributed by atoms with Gasteiger partial charge in [0.25, 0.3) is 0 Å². The van der Waals surface area contributed by atoms with E-state index in [9.17, 15) is 0 Å². The molecule has 0 saturated carbocycles. The maximum atomic E-state index is 5.88. The Morgan fingerprint density at radius 2 is 1.74 bits per heavy atom. The molecule has 0 aliphatic carbocycles. The molecule has 1 unspecified atom stereocenters. The molecule has 0 spiro atoms. The van der Waals surface area contributed by atoms with Crippen LogP contribution in [0.15, 0.2) is 18.2 Å². The Bertz CT molecular complexity index is 394. The average molecular weight is 262 g/mol. The van der Waals surface area contributed by atoms with Crippen LogP contribution in [0, 0.1) is 12.8 Å². The number of benzene rings is 1. The molecule has 108 valence electrons. The topological polar surface area (TPSA) is 29.3 Å². The van der Waals surface area contributed by atoms with Crippen LogP contribution in [0.3, 0.4) is 0 Å². The van der Waals surface area contributed by atoms with Gasteiger partial charge in [0, 0.05) is 24.3 Å². The Balaban J connectivity index is 2.98. The summed E-state index contributed by atoms with van der Waals surface area (Å²) in [6.07, 6.45) is 0.951. The Hall–Kier alpha value is -1.02. The van der Waals surface area contributed by atoms with E-state index in [1.807, 2.05) is 0 Å². The number of anilines is 1. The summed E-state index contributed by atoms with van der Waals surface area (Å²) >= 11 is 0. The SMILES string of the molecule is Cc1cc(CC(C)N)ccc1N(CC(C)C)C(C)C. The first-order valence-electron chi connectivity index (χ1n) is 7.43. The van der Waals surface area contributed by atoms with E-state index in [1.165, 1.54) is 16.8 Å². The van der Waals surface area contributed by atoms with E-state index in [4.69, 9.17) is 5.73 Å². The van der Waals surface area contributed by atoms with Crippen molar-refractivity contribution in [3.63, 3.8) is 0 Å². The van der Waals surface area contributed by atoms with Crippen LogP contribution < -0.4 is 10.6 Å². The zero-order chi connectivity index (χ0) is 14.6. The van der Waals surface area contributed by atoms with Crippen LogP contribution in [0.5, 0.6) is 0 Å². The summed E-state index contributed by atoms with van der Waals surface area (Å²) in [6.45, 7) is 14.4. The first-order chi connectivity index (χ1) is 8.81. The van der Waals surface area contributed by atoms with Crippen molar-refractivity contribution in [1.82, 2.24) is 0 Å². The van der Waals surface area contributed by atoms with Gasteiger partial charge in [0.15, 0.2) is 0 Å². The van der Waals surface area contributed by atoms with Crippen LogP contribution in [-0.2, 0) is 6.42 Å². The lowest BCUT2D eigenvalue weighted by atomic mass is 10.0. The molecule has 0 radical (unpaired) electrons. The third-order valence-corrected chi connectivity index (χ3v) is 3.31. The van der Waals surface area contributed by atoms with Gasteiger partial charge in [-0.15, -0.1) is 0 Å². The highest BCUT2D eigenvalue weighted by Gasteiger charge is 2.14. The Morgan fingerprint density at radius 1 is 1.11 bits per heavy atom. The number of aryl methyl sites for hydroxylation is 1. The zero-order valence-corrected chi connectivity index (χ0v) is 13.4. The highest BCUT2D eigenvalue weighted by atomic mass is 15.2. The fourth-order valence-electron chi connectivity index (χ4n) is 2.52. The lowest BCUT2D eigenvalue weighted by Crippen LogP contribution is -2.34. The number of hydrogen-bond acceptors (Lipinski definition) is 2. The molecular weight excluding hydrogens is 232 g/mol. The zero-order valence-electron chi connectivity index (χ0n) is 13.4. The molecule has 1 aromatic rings. The fourth-order valence-corrected chi connectivity index (χ4v) is 2.52. The third-order valence-electron chi connectivity index (χ3n) is 3.31. The van der Waals surface area contributed by atoms with Crippen LogP contribution in [0.4, 0.5) is 5.69 Å². The van der Waals surface area contributed by atoms with Gasteiger partial charge in [0.2, 0.25) is 0 Å². The van der Waals surface area contributed by atoms with Gasteiger partial charge in [-0.3, -0.25) is 0 Å². The van der Waals surface area contributed by atoms with Gasteiger partial charge in [-0.05, 0) is 57.2 Å². The third kappa shape index (κ3) is 4.87. The normalized spacial score (nSPS) is 13.1. The molecule has 2 heteroatoms. The molecule has 0 aromatic heterocycles. The summed E-state index contributed by atoms with van der Waals surface area (Å²) < 4.78 is 0. The fraction of sp³-hybridized carbons (Fsp3) is 0.647. The molecule has 0 fully saturated rings. The second kappa shape index (κ2) is 6.95. The Morgan fingerprint density at radius 3 is 2.16 bits per heavy atom. The highest BCUT2D eigenvalue weighted by Crippen LogP contribution is 2.24. The van der Waals surface area contributed by atoms with Crippen LogP contribution in [0.1, 0.15) is 45.7 Å². The van der Waals surface area contributed by atoms with E-state index in [1.54, 1.807) is 0 Å². The van der Waals surface area contributed by atoms with Crippen molar-refractivity contribution in [3.8, 4) is 0 Å². The lowest BCUT2D eigenvalue weighted by Gasteiger charge is -2.32. The molecule has 1 aromatic carbocycles. The summed E-state index contributed by atoms with van der Waals surface area (Å²) in [6, 6.07) is 7.52. The second-order valence-electron chi connectivity index (χ2n) is 6.44. The Labute approximate surface area is 119 Å². The van der Waals surface area contributed by atoms with E-state index < -0.39 is 0 Å².